The van der Waals surface area contributed by atoms with Crippen LogP contribution >= 0.6 is 0 Å². The van der Waals surface area contributed by atoms with Gasteiger partial charge in [0.05, 0.1) is 33.5 Å². The zero-order valence-corrected chi connectivity index (χ0v) is 15.4. The van der Waals surface area contributed by atoms with Crippen molar-refractivity contribution < 1.29 is 13.2 Å². The number of fused-ring (bicyclic) bond motifs is 1. The number of primary amides is 1. The fourth-order valence-electron chi connectivity index (χ4n) is 2.78. The third kappa shape index (κ3) is 3.36. The van der Waals surface area contributed by atoms with Gasteiger partial charge in [-0.1, -0.05) is 0 Å². The lowest BCUT2D eigenvalue weighted by atomic mass is 10.1. The summed E-state index contributed by atoms with van der Waals surface area (Å²) in [6.45, 7) is 3.67. The molecule has 0 bridgehead atoms. The molecule has 0 aliphatic carbocycles. The first kappa shape index (κ1) is 17.8. The van der Waals surface area contributed by atoms with Crippen molar-refractivity contribution in [1.29, 1.82) is 0 Å². The fraction of sp³-hybridized carbons (Fsp3) is 0.167. The first-order chi connectivity index (χ1) is 12.2. The Balaban J connectivity index is 2.36. The van der Waals surface area contributed by atoms with Gasteiger partial charge in [0, 0.05) is 24.0 Å². The van der Waals surface area contributed by atoms with Gasteiger partial charge in [-0.2, -0.15) is 0 Å². The lowest BCUT2D eigenvalue weighted by Crippen LogP contribution is -2.15. The number of aromatic nitrogens is 2. The largest absolute Gasteiger partial charge is 0.365 e. The van der Waals surface area contributed by atoms with Gasteiger partial charge in [-0.3, -0.25) is 14.8 Å². The second kappa shape index (κ2) is 6.38. The Morgan fingerprint density at radius 2 is 1.81 bits per heavy atom. The van der Waals surface area contributed by atoms with E-state index in [1.165, 1.54) is 6.20 Å². The van der Waals surface area contributed by atoms with Crippen LogP contribution in [0.15, 0.2) is 41.7 Å². The van der Waals surface area contributed by atoms with Crippen molar-refractivity contribution in [1.82, 2.24) is 9.97 Å². The Hall–Kier alpha value is -3.00. The highest BCUT2D eigenvalue weighted by atomic mass is 32.2. The van der Waals surface area contributed by atoms with Gasteiger partial charge < -0.3 is 11.1 Å². The Morgan fingerprint density at radius 3 is 2.42 bits per heavy atom. The molecular formula is C18H18N4O3S. The average molecular weight is 370 g/mol. The summed E-state index contributed by atoms with van der Waals surface area (Å²) in [5, 5.41) is 3.65. The van der Waals surface area contributed by atoms with Crippen LogP contribution in [0.2, 0.25) is 0 Å². The molecule has 0 radical (unpaired) electrons. The standard InChI is InChI=1S/C18H18N4O3S/c1-10-5-13-16(22-12-4-11(2)7-20-8-12)14(18(19)23)9-21-17(13)15(6-10)26(3,24)25/h4-9H,1-3H3,(H2,19,23)(H,21,22). The van der Waals surface area contributed by atoms with Crippen LogP contribution < -0.4 is 11.1 Å². The van der Waals surface area contributed by atoms with E-state index in [1.807, 2.05) is 13.0 Å². The third-order valence-corrected chi connectivity index (χ3v) is 5.00. The number of hydrogen-bond donors (Lipinski definition) is 2. The van der Waals surface area contributed by atoms with E-state index in [0.29, 0.717) is 16.8 Å². The summed E-state index contributed by atoms with van der Waals surface area (Å²) < 4.78 is 24.3. The molecule has 3 N–H and O–H groups in total. The Bertz CT molecular complexity index is 1140. The van der Waals surface area contributed by atoms with Crippen LogP contribution in [0.1, 0.15) is 21.5 Å². The summed E-state index contributed by atoms with van der Waals surface area (Å²) in [7, 11) is -3.50. The van der Waals surface area contributed by atoms with Crippen LogP contribution in [0.5, 0.6) is 0 Å². The lowest BCUT2D eigenvalue weighted by Gasteiger charge is -2.15. The summed E-state index contributed by atoms with van der Waals surface area (Å²) in [6, 6.07) is 5.19. The zero-order valence-electron chi connectivity index (χ0n) is 14.6. The maximum absolute atomic E-state index is 12.2. The predicted molar refractivity (Wildman–Crippen MR) is 100 cm³/mol. The van der Waals surface area contributed by atoms with E-state index in [0.717, 1.165) is 17.4 Å². The maximum atomic E-state index is 12.2. The number of nitrogens with two attached hydrogens (primary N) is 1. The first-order valence-electron chi connectivity index (χ1n) is 7.78. The summed E-state index contributed by atoms with van der Waals surface area (Å²) in [4.78, 5) is 20.3. The second-order valence-corrected chi connectivity index (χ2v) is 8.20. The van der Waals surface area contributed by atoms with Crippen LogP contribution in [-0.4, -0.2) is 30.5 Å². The molecule has 26 heavy (non-hydrogen) atoms. The third-order valence-electron chi connectivity index (χ3n) is 3.89. The fourth-order valence-corrected chi connectivity index (χ4v) is 3.69. The minimum Gasteiger partial charge on any atom is -0.365 e. The normalized spacial score (nSPS) is 11.5. The Kier molecular flexibility index (Phi) is 4.37. The van der Waals surface area contributed by atoms with Gasteiger partial charge in [-0.15, -0.1) is 0 Å². The number of aryl methyl sites for hydroxylation is 2. The van der Waals surface area contributed by atoms with Crippen molar-refractivity contribution in [2.24, 2.45) is 5.73 Å². The van der Waals surface area contributed by atoms with E-state index < -0.39 is 15.7 Å². The van der Waals surface area contributed by atoms with E-state index in [1.54, 1.807) is 31.5 Å². The number of sulfone groups is 1. The van der Waals surface area contributed by atoms with E-state index in [9.17, 15) is 13.2 Å². The molecule has 0 fully saturated rings. The summed E-state index contributed by atoms with van der Waals surface area (Å²) in [5.74, 6) is -0.662. The lowest BCUT2D eigenvalue weighted by molar-refractivity contribution is 0.100. The number of nitrogens with zero attached hydrogens (tertiary/aromatic N) is 2. The summed E-state index contributed by atoms with van der Waals surface area (Å²) in [5.41, 5.74) is 8.67. The molecule has 0 aliphatic rings. The van der Waals surface area contributed by atoms with Crippen LogP contribution in [-0.2, 0) is 9.84 Å². The summed E-state index contributed by atoms with van der Waals surface area (Å²) >= 11 is 0. The molecule has 8 heteroatoms. The molecule has 0 aliphatic heterocycles. The Morgan fingerprint density at radius 1 is 1.08 bits per heavy atom. The van der Waals surface area contributed by atoms with Crippen LogP contribution in [0, 0.1) is 13.8 Å². The average Bonchev–Trinajstić information content (AvgIpc) is 2.53. The molecule has 3 aromatic rings. The quantitative estimate of drug-likeness (QED) is 0.729. The van der Waals surface area contributed by atoms with Gasteiger partial charge in [-0.25, -0.2) is 8.42 Å². The number of amides is 1. The number of hydrogen-bond acceptors (Lipinski definition) is 6. The number of anilines is 2. The van der Waals surface area contributed by atoms with Crippen molar-refractivity contribution in [3.8, 4) is 0 Å². The van der Waals surface area contributed by atoms with Crippen molar-refractivity contribution in [2.75, 3.05) is 11.6 Å². The van der Waals surface area contributed by atoms with E-state index in [2.05, 4.69) is 15.3 Å². The molecule has 0 saturated heterocycles. The first-order valence-corrected chi connectivity index (χ1v) is 9.68. The number of rotatable bonds is 4. The number of pyridine rings is 2. The van der Waals surface area contributed by atoms with Crippen molar-refractivity contribution in [3.63, 3.8) is 0 Å². The van der Waals surface area contributed by atoms with Crippen LogP contribution in [0.3, 0.4) is 0 Å². The molecule has 134 valence electrons. The number of carbonyl (C=O) groups excluding carboxylic acids is 1. The minimum atomic E-state index is -3.50. The highest BCUT2D eigenvalue weighted by molar-refractivity contribution is 7.91. The number of carbonyl (C=O) groups is 1. The van der Waals surface area contributed by atoms with Crippen molar-refractivity contribution >= 4 is 38.0 Å². The minimum absolute atomic E-state index is 0.105. The molecule has 2 aromatic heterocycles. The molecule has 2 heterocycles. The molecule has 0 unspecified atom stereocenters. The monoisotopic (exact) mass is 370 g/mol. The van der Waals surface area contributed by atoms with Gasteiger partial charge in [0.25, 0.3) is 5.91 Å². The molecule has 0 spiro atoms. The smallest absolute Gasteiger partial charge is 0.252 e. The van der Waals surface area contributed by atoms with Gasteiger partial charge in [0.1, 0.15) is 0 Å². The van der Waals surface area contributed by atoms with E-state index in [4.69, 9.17) is 5.73 Å². The SMILES string of the molecule is Cc1cncc(Nc2c(C(N)=O)cnc3c(S(C)(=O)=O)cc(C)cc23)c1. The molecule has 1 aromatic carbocycles. The van der Waals surface area contributed by atoms with Crippen LogP contribution in [0.4, 0.5) is 11.4 Å². The van der Waals surface area contributed by atoms with Crippen molar-refractivity contribution in [3.05, 3.63) is 53.5 Å². The second-order valence-electron chi connectivity index (χ2n) is 6.22. The number of benzene rings is 1. The van der Waals surface area contributed by atoms with Gasteiger partial charge >= 0.3 is 0 Å². The molecule has 0 saturated carbocycles. The Labute approximate surface area is 151 Å². The van der Waals surface area contributed by atoms with E-state index >= 15 is 0 Å². The topological polar surface area (TPSA) is 115 Å². The molecular weight excluding hydrogens is 352 g/mol. The van der Waals surface area contributed by atoms with Crippen LogP contribution in [0.25, 0.3) is 10.9 Å². The zero-order chi connectivity index (χ0) is 19.1. The van der Waals surface area contributed by atoms with Gasteiger partial charge in [0.2, 0.25) is 0 Å². The van der Waals surface area contributed by atoms with Gasteiger partial charge in [-0.05, 0) is 43.2 Å². The van der Waals surface area contributed by atoms with E-state index in [-0.39, 0.29) is 16.0 Å². The predicted octanol–water partition coefficient (Wildman–Crippen LogP) is 2.49. The maximum Gasteiger partial charge on any atom is 0.252 e. The number of nitrogens with one attached hydrogen (secondary N) is 1. The highest BCUT2D eigenvalue weighted by Gasteiger charge is 2.20. The molecule has 1 amide bonds. The summed E-state index contributed by atoms with van der Waals surface area (Å²) in [6.07, 6.45) is 5.73. The molecule has 7 nitrogen and oxygen atoms in total. The molecule has 3 rings (SSSR count). The van der Waals surface area contributed by atoms with Crippen molar-refractivity contribution in [2.45, 2.75) is 18.7 Å². The van der Waals surface area contributed by atoms with Gasteiger partial charge in [0.15, 0.2) is 9.84 Å². The highest BCUT2D eigenvalue weighted by Crippen LogP contribution is 2.33. The molecule has 0 atom stereocenters.